The van der Waals surface area contributed by atoms with Crippen molar-refractivity contribution in [2.75, 3.05) is 11.9 Å². The van der Waals surface area contributed by atoms with Gasteiger partial charge >= 0.3 is 11.8 Å². The van der Waals surface area contributed by atoms with Crippen molar-refractivity contribution in [3.63, 3.8) is 0 Å². The van der Waals surface area contributed by atoms with Gasteiger partial charge in [-0.05, 0) is 41.4 Å². The van der Waals surface area contributed by atoms with E-state index in [-0.39, 0.29) is 6.54 Å². The average molecular weight is 329 g/mol. The average Bonchev–Trinajstić information content (AvgIpc) is 2.38. The maximum Gasteiger partial charge on any atom is 0.313 e. The monoisotopic (exact) mass is 328 g/mol. The molecule has 0 fully saturated rings. The van der Waals surface area contributed by atoms with E-state index in [1.807, 2.05) is 0 Å². The number of aliphatic hydroxyl groups is 1. The molecule has 104 valence electrons. The van der Waals surface area contributed by atoms with Crippen LogP contribution in [0, 0.1) is 0 Å². The molecule has 5 nitrogen and oxygen atoms in total. The van der Waals surface area contributed by atoms with Gasteiger partial charge in [-0.3, -0.25) is 9.59 Å². The number of carbonyl (C=O) groups excluding carboxylic acids is 2. The van der Waals surface area contributed by atoms with Crippen molar-refractivity contribution < 1.29 is 14.7 Å². The number of hydrogen-bond donors (Lipinski definition) is 3. The second-order valence-corrected chi connectivity index (χ2v) is 5.32. The number of anilines is 1. The van der Waals surface area contributed by atoms with Gasteiger partial charge in [0.25, 0.3) is 0 Å². The van der Waals surface area contributed by atoms with Gasteiger partial charge in [-0.25, -0.2) is 0 Å². The summed E-state index contributed by atoms with van der Waals surface area (Å²) in [6.07, 6.45) is 0.485. The zero-order valence-electron chi connectivity index (χ0n) is 10.9. The van der Waals surface area contributed by atoms with Crippen molar-refractivity contribution in [3.8, 4) is 0 Å². The summed E-state index contributed by atoms with van der Waals surface area (Å²) in [5.74, 6) is -1.54. The van der Waals surface area contributed by atoms with Gasteiger partial charge in [0.2, 0.25) is 0 Å². The fourth-order valence-electron chi connectivity index (χ4n) is 1.22. The molecule has 1 atom stereocenters. The molecule has 1 rings (SSSR count). The topological polar surface area (TPSA) is 78.4 Å². The van der Waals surface area contributed by atoms with E-state index in [1.165, 1.54) is 0 Å². The molecule has 0 aliphatic carbocycles. The highest BCUT2D eigenvalue weighted by Crippen LogP contribution is 2.20. The summed E-state index contributed by atoms with van der Waals surface area (Å²) in [6.45, 7) is 3.43. The van der Waals surface area contributed by atoms with E-state index in [0.29, 0.717) is 16.6 Å². The molecule has 0 heterocycles. The van der Waals surface area contributed by atoms with Gasteiger partial charge in [0, 0.05) is 11.0 Å². The predicted molar refractivity (Wildman–Crippen MR) is 76.7 cm³/mol. The van der Waals surface area contributed by atoms with Crippen LogP contribution in [0.15, 0.2) is 28.7 Å². The third-order valence-electron chi connectivity index (χ3n) is 2.72. The van der Waals surface area contributed by atoms with E-state index in [0.717, 1.165) is 0 Å². The second kappa shape index (κ2) is 6.68. The Kier molecular flexibility index (Phi) is 5.50. The van der Waals surface area contributed by atoms with Crippen LogP contribution in [-0.4, -0.2) is 29.1 Å². The zero-order chi connectivity index (χ0) is 14.5. The van der Waals surface area contributed by atoms with Gasteiger partial charge in [-0.1, -0.05) is 19.1 Å². The van der Waals surface area contributed by atoms with E-state index in [9.17, 15) is 14.7 Å². The maximum atomic E-state index is 11.6. The SMILES string of the molecule is CC[C@@](C)(O)CNC(=O)C(=O)Nc1ccccc1Br. The molecule has 0 saturated carbocycles. The Balaban J connectivity index is 2.55. The van der Waals surface area contributed by atoms with E-state index < -0.39 is 17.4 Å². The Hall–Kier alpha value is -1.40. The molecule has 1 aromatic rings. The lowest BCUT2D eigenvalue weighted by molar-refractivity contribution is -0.136. The van der Waals surface area contributed by atoms with E-state index >= 15 is 0 Å². The summed E-state index contributed by atoms with van der Waals surface area (Å²) >= 11 is 3.27. The number of rotatable bonds is 4. The Morgan fingerprint density at radius 1 is 1.32 bits per heavy atom. The van der Waals surface area contributed by atoms with Gasteiger partial charge in [-0.15, -0.1) is 0 Å². The third-order valence-corrected chi connectivity index (χ3v) is 3.41. The molecular weight excluding hydrogens is 312 g/mol. The molecule has 2 amide bonds. The third kappa shape index (κ3) is 5.00. The zero-order valence-corrected chi connectivity index (χ0v) is 12.5. The first kappa shape index (κ1) is 15.7. The van der Waals surface area contributed by atoms with Gasteiger partial charge in [-0.2, -0.15) is 0 Å². The first-order valence-electron chi connectivity index (χ1n) is 5.92. The number of halogens is 1. The standard InChI is InChI=1S/C13H17BrN2O3/c1-3-13(2,19)8-15-11(17)12(18)16-10-7-5-4-6-9(10)14/h4-7,19H,3,8H2,1-2H3,(H,15,17)(H,16,18)/t13-/m1/s1. The summed E-state index contributed by atoms with van der Waals surface area (Å²) in [7, 11) is 0. The lowest BCUT2D eigenvalue weighted by Gasteiger charge is -2.21. The molecule has 0 aliphatic heterocycles. The van der Waals surface area contributed by atoms with Gasteiger partial charge in [0.15, 0.2) is 0 Å². The minimum Gasteiger partial charge on any atom is -0.388 e. The normalized spacial score (nSPS) is 13.5. The molecular formula is C13H17BrN2O3. The quantitative estimate of drug-likeness (QED) is 0.735. The molecule has 0 aromatic heterocycles. The Labute approximate surface area is 120 Å². The number of para-hydroxylation sites is 1. The van der Waals surface area contributed by atoms with Crippen LogP contribution in [0.5, 0.6) is 0 Å². The van der Waals surface area contributed by atoms with Crippen LogP contribution < -0.4 is 10.6 Å². The summed E-state index contributed by atoms with van der Waals surface area (Å²) in [6, 6.07) is 6.99. The molecule has 0 aliphatic rings. The minimum atomic E-state index is -1.01. The maximum absolute atomic E-state index is 11.6. The van der Waals surface area contributed by atoms with Gasteiger partial charge < -0.3 is 15.7 Å². The fraction of sp³-hybridized carbons (Fsp3) is 0.385. The molecule has 1 aromatic carbocycles. The predicted octanol–water partition coefficient (Wildman–Crippen LogP) is 1.66. The molecule has 0 bridgehead atoms. The Bertz CT molecular complexity index is 475. The van der Waals surface area contributed by atoms with Crippen LogP contribution in [0.25, 0.3) is 0 Å². The minimum absolute atomic E-state index is 0.0334. The highest BCUT2D eigenvalue weighted by Gasteiger charge is 2.21. The largest absolute Gasteiger partial charge is 0.388 e. The van der Waals surface area contributed by atoms with E-state index in [4.69, 9.17) is 0 Å². The Morgan fingerprint density at radius 3 is 2.53 bits per heavy atom. The van der Waals surface area contributed by atoms with Crippen molar-refractivity contribution in [2.24, 2.45) is 0 Å². The van der Waals surface area contributed by atoms with Crippen LogP contribution in [0.3, 0.4) is 0 Å². The molecule has 6 heteroatoms. The number of benzene rings is 1. The van der Waals surface area contributed by atoms with Gasteiger partial charge in [0.1, 0.15) is 0 Å². The summed E-state index contributed by atoms with van der Waals surface area (Å²) in [5.41, 5.74) is -0.492. The molecule has 0 unspecified atom stereocenters. The van der Waals surface area contributed by atoms with Crippen LogP contribution >= 0.6 is 15.9 Å². The number of hydrogen-bond acceptors (Lipinski definition) is 3. The van der Waals surface area contributed by atoms with Crippen LogP contribution in [-0.2, 0) is 9.59 Å². The summed E-state index contributed by atoms with van der Waals surface area (Å²) in [4.78, 5) is 23.2. The molecule has 0 saturated heterocycles. The smallest absolute Gasteiger partial charge is 0.313 e. The Morgan fingerprint density at radius 2 is 1.95 bits per heavy atom. The first-order chi connectivity index (χ1) is 8.85. The molecule has 19 heavy (non-hydrogen) atoms. The summed E-state index contributed by atoms with van der Waals surface area (Å²) in [5, 5.41) is 14.6. The number of nitrogens with one attached hydrogen (secondary N) is 2. The fourth-order valence-corrected chi connectivity index (χ4v) is 1.60. The lowest BCUT2D eigenvalue weighted by Crippen LogP contribution is -2.44. The highest BCUT2D eigenvalue weighted by atomic mass is 79.9. The highest BCUT2D eigenvalue weighted by molar-refractivity contribution is 9.10. The lowest BCUT2D eigenvalue weighted by atomic mass is 10.0. The first-order valence-corrected chi connectivity index (χ1v) is 6.71. The van der Waals surface area contributed by atoms with Crippen molar-refractivity contribution >= 4 is 33.4 Å². The molecule has 3 N–H and O–H groups in total. The van der Waals surface area contributed by atoms with Gasteiger partial charge in [0.05, 0.1) is 11.3 Å². The number of carbonyl (C=O) groups is 2. The van der Waals surface area contributed by atoms with Crippen molar-refractivity contribution in [3.05, 3.63) is 28.7 Å². The number of amides is 2. The van der Waals surface area contributed by atoms with Crippen LogP contribution in [0.2, 0.25) is 0 Å². The van der Waals surface area contributed by atoms with Crippen LogP contribution in [0.1, 0.15) is 20.3 Å². The second-order valence-electron chi connectivity index (χ2n) is 4.47. The van der Waals surface area contributed by atoms with Crippen molar-refractivity contribution in [2.45, 2.75) is 25.9 Å². The summed E-state index contributed by atoms with van der Waals surface area (Å²) < 4.78 is 0.691. The van der Waals surface area contributed by atoms with Crippen molar-refractivity contribution in [1.29, 1.82) is 0 Å². The molecule has 0 radical (unpaired) electrons. The molecule has 0 spiro atoms. The van der Waals surface area contributed by atoms with E-state index in [2.05, 4.69) is 26.6 Å². The van der Waals surface area contributed by atoms with Crippen LogP contribution in [0.4, 0.5) is 5.69 Å². The van der Waals surface area contributed by atoms with Crippen molar-refractivity contribution in [1.82, 2.24) is 5.32 Å². The van der Waals surface area contributed by atoms with E-state index in [1.54, 1.807) is 38.1 Å².